The Bertz CT molecular complexity index is 125. The van der Waals surface area contributed by atoms with Gasteiger partial charge in [0, 0.05) is 21.3 Å². The van der Waals surface area contributed by atoms with Crippen LogP contribution in [0.1, 0.15) is 0 Å². The summed E-state index contributed by atoms with van der Waals surface area (Å²) in [6, 6.07) is 0. The van der Waals surface area contributed by atoms with Crippen molar-refractivity contribution in [3.05, 3.63) is 0 Å². The van der Waals surface area contributed by atoms with Crippen LogP contribution >= 0.6 is 0 Å². The second kappa shape index (κ2) is 10.6. The predicted octanol–water partition coefficient (Wildman–Crippen LogP) is -0.249. The molecule has 0 aliphatic heterocycles. The SMILES string of the molecule is COC(CN(C)F)OC.O=S=O. The maximum Gasteiger partial charge on any atom is 0.335 e. The number of halogens is 1. The van der Waals surface area contributed by atoms with Gasteiger partial charge in [0.2, 0.25) is 0 Å². The Kier molecular flexibility index (Phi) is 12.6. The third kappa shape index (κ3) is 12.3. The molecule has 0 amide bonds. The van der Waals surface area contributed by atoms with Crippen LogP contribution in [0.25, 0.3) is 0 Å². The van der Waals surface area contributed by atoms with Gasteiger partial charge in [0.1, 0.15) is 0 Å². The Labute approximate surface area is 74.0 Å². The van der Waals surface area contributed by atoms with Crippen molar-refractivity contribution in [1.82, 2.24) is 5.12 Å². The Morgan fingerprint density at radius 3 is 1.83 bits per heavy atom. The molecule has 0 heterocycles. The van der Waals surface area contributed by atoms with E-state index in [2.05, 4.69) is 0 Å². The van der Waals surface area contributed by atoms with Gasteiger partial charge in [-0.05, 0) is 0 Å². The van der Waals surface area contributed by atoms with Crippen LogP contribution in [-0.2, 0) is 21.0 Å². The van der Waals surface area contributed by atoms with Crippen molar-refractivity contribution in [2.24, 2.45) is 0 Å². The predicted molar refractivity (Wildman–Crippen MR) is 40.5 cm³/mol. The molecule has 0 rings (SSSR count). The highest BCUT2D eigenvalue weighted by Crippen LogP contribution is 1.93. The second-order valence-electron chi connectivity index (χ2n) is 1.76. The molecule has 0 aliphatic rings. The van der Waals surface area contributed by atoms with E-state index >= 15 is 0 Å². The minimum absolute atomic E-state index is 0.132. The summed E-state index contributed by atoms with van der Waals surface area (Å²) >= 11 is -0.750. The van der Waals surface area contributed by atoms with Gasteiger partial charge in [0.25, 0.3) is 0 Å². The molecule has 0 aromatic rings. The van der Waals surface area contributed by atoms with E-state index in [1.165, 1.54) is 21.3 Å². The third-order valence-corrected chi connectivity index (χ3v) is 0.926. The maximum atomic E-state index is 12.0. The molecule has 0 spiro atoms. The van der Waals surface area contributed by atoms with Crippen molar-refractivity contribution in [2.75, 3.05) is 27.8 Å². The van der Waals surface area contributed by atoms with Gasteiger partial charge >= 0.3 is 11.6 Å². The summed E-state index contributed by atoms with van der Waals surface area (Å²) in [5.41, 5.74) is 0. The molecule has 0 saturated carbocycles. The first-order valence-electron chi connectivity index (χ1n) is 2.96. The number of methoxy groups -OCH3 is 2. The van der Waals surface area contributed by atoms with Crippen LogP contribution < -0.4 is 0 Å². The zero-order valence-corrected chi connectivity index (χ0v) is 7.97. The molecule has 74 valence electrons. The van der Waals surface area contributed by atoms with E-state index in [0.29, 0.717) is 5.12 Å². The number of likely N-dealkylation sites (N-methyl/N-ethyl adjacent to an activating group) is 1. The largest absolute Gasteiger partial charge is 0.354 e. The molecule has 0 fully saturated rings. The van der Waals surface area contributed by atoms with E-state index in [-0.39, 0.29) is 6.54 Å². The molecule has 0 unspecified atom stereocenters. The number of hydrogen-bond donors (Lipinski definition) is 0. The summed E-state index contributed by atoms with van der Waals surface area (Å²) in [6.45, 7) is 0.132. The number of nitrogens with zero attached hydrogens (tertiary/aromatic N) is 1. The molecule has 0 aromatic heterocycles. The number of ether oxygens (including phenoxy) is 2. The maximum absolute atomic E-state index is 12.0. The minimum atomic E-state index is -0.750. The molecule has 0 N–H and O–H groups in total. The fourth-order valence-electron chi connectivity index (χ4n) is 0.451. The van der Waals surface area contributed by atoms with E-state index in [0.717, 1.165) is 0 Å². The fourth-order valence-corrected chi connectivity index (χ4v) is 0.451. The van der Waals surface area contributed by atoms with Crippen molar-refractivity contribution in [3.63, 3.8) is 0 Å². The molecule has 5 nitrogen and oxygen atoms in total. The Balaban J connectivity index is 0. The van der Waals surface area contributed by atoms with Crippen LogP contribution in [0.3, 0.4) is 0 Å². The lowest BCUT2D eigenvalue weighted by Gasteiger charge is -2.14. The normalized spacial score (nSPS) is 9.50. The lowest BCUT2D eigenvalue weighted by molar-refractivity contribution is -0.138. The second-order valence-corrected chi connectivity index (χ2v) is 1.89. The van der Waals surface area contributed by atoms with Crippen molar-refractivity contribution < 1.29 is 22.4 Å². The Morgan fingerprint density at radius 2 is 1.75 bits per heavy atom. The highest BCUT2D eigenvalue weighted by Gasteiger charge is 2.06. The van der Waals surface area contributed by atoms with Crippen molar-refractivity contribution in [1.29, 1.82) is 0 Å². The summed E-state index contributed by atoms with van der Waals surface area (Å²) in [7, 11) is 4.25. The molecular formula is C5H12FNO4S. The van der Waals surface area contributed by atoms with E-state index in [1.54, 1.807) is 0 Å². The topological polar surface area (TPSA) is 55.8 Å². The van der Waals surface area contributed by atoms with Gasteiger partial charge < -0.3 is 9.47 Å². The first kappa shape index (κ1) is 14.2. The molecule has 0 saturated heterocycles. The van der Waals surface area contributed by atoms with Gasteiger partial charge in [0.05, 0.1) is 6.54 Å². The van der Waals surface area contributed by atoms with Crippen molar-refractivity contribution >= 4 is 11.6 Å². The van der Waals surface area contributed by atoms with Crippen LogP contribution in [0.15, 0.2) is 0 Å². The highest BCUT2D eigenvalue weighted by molar-refractivity contribution is 7.51. The monoisotopic (exact) mass is 201 g/mol. The van der Waals surface area contributed by atoms with Crippen molar-refractivity contribution in [3.8, 4) is 0 Å². The molecular weight excluding hydrogens is 189 g/mol. The average Bonchev–Trinajstić information content (AvgIpc) is 2.01. The number of hydrogen-bond acceptors (Lipinski definition) is 5. The van der Waals surface area contributed by atoms with Crippen LogP contribution in [0.2, 0.25) is 0 Å². The average molecular weight is 201 g/mol. The standard InChI is InChI=1S/C5H12FNO2.O2S/c1-7(6)4-5(8-2)9-3;1-3-2/h5H,4H2,1-3H3;. The molecule has 7 heteroatoms. The van der Waals surface area contributed by atoms with Crippen LogP contribution in [0.4, 0.5) is 4.48 Å². The Hall–Kier alpha value is -0.370. The summed E-state index contributed by atoms with van der Waals surface area (Å²) < 4.78 is 38.0. The van der Waals surface area contributed by atoms with Gasteiger partial charge in [0.15, 0.2) is 6.29 Å². The van der Waals surface area contributed by atoms with Gasteiger partial charge in [-0.2, -0.15) is 8.42 Å². The lowest BCUT2D eigenvalue weighted by Crippen LogP contribution is -2.26. The fraction of sp³-hybridized carbons (Fsp3) is 1.00. The molecule has 0 atom stereocenters. The minimum Gasteiger partial charge on any atom is -0.354 e. The van der Waals surface area contributed by atoms with E-state index < -0.39 is 17.9 Å². The highest BCUT2D eigenvalue weighted by atomic mass is 32.1. The lowest BCUT2D eigenvalue weighted by atomic mass is 10.6. The summed E-state index contributed by atoms with van der Waals surface area (Å²) in [6.07, 6.45) is -0.472. The molecule has 0 radical (unpaired) electrons. The Morgan fingerprint density at radius 1 is 1.42 bits per heavy atom. The first-order chi connectivity index (χ1) is 5.62. The van der Waals surface area contributed by atoms with Crippen molar-refractivity contribution in [2.45, 2.75) is 6.29 Å². The van der Waals surface area contributed by atoms with Gasteiger partial charge in [-0.1, -0.05) is 0 Å². The summed E-state index contributed by atoms with van der Waals surface area (Å²) in [5, 5.41) is 0.512. The van der Waals surface area contributed by atoms with Gasteiger partial charge in [-0.25, -0.2) is 0 Å². The zero-order chi connectivity index (χ0) is 9.98. The molecule has 0 bridgehead atoms. The smallest absolute Gasteiger partial charge is 0.335 e. The van der Waals surface area contributed by atoms with E-state index in [4.69, 9.17) is 17.9 Å². The van der Waals surface area contributed by atoms with Gasteiger partial charge in [-0.3, -0.25) is 0 Å². The molecule has 12 heavy (non-hydrogen) atoms. The number of rotatable bonds is 4. The summed E-state index contributed by atoms with van der Waals surface area (Å²) in [4.78, 5) is 0. The van der Waals surface area contributed by atoms with E-state index in [1.807, 2.05) is 0 Å². The molecule has 0 aromatic carbocycles. The molecule has 0 aliphatic carbocycles. The summed E-state index contributed by atoms with van der Waals surface area (Å²) in [5.74, 6) is 0. The van der Waals surface area contributed by atoms with Crippen LogP contribution in [-0.4, -0.2) is 47.6 Å². The first-order valence-corrected chi connectivity index (χ1v) is 3.63. The van der Waals surface area contributed by atoms with Gasteiger partial charge in [-0.15, -0.1) is 9.60 Å². The zero-order valence-electron chi connectivity index (χ0n) is 7.15. The van der Waals surface area contributed by atoms with E-state index in [9.17, 15) is 4.48 Å². The quantitative estimate of drug-likeness (QED) is 0.464. The third-order valence-electron chi connectivity index (χ3n) is 0.926. The van der Waals surface area contributed by atoms with Crippen LogP contribution in [0.5, 0.6) is 0 Å². The van der Waals surface area contributed by atoms with Crippen LogP contribution in [0, 0.1) is 0 Å².